The van der Waals surface area contributed by atoms with E-state index in [1.54, 1.807) is 0 Å². The molecule has 0 fully saturated rings. The summed E-state index contributed by atoms with van der Waals surface area (Å²) in [4.78, 5) is 42.9. The van der Waals surface area contributed by atoms with Gasteiger partial charge in [0.05, 0.1) is 6.61 Å². The Labute approximate surface area is 331 Å². The number of ether oxygens (including phenoxy) is 2. The Bertz CT molecular complexity index is 1020. The third-order valence-corrected chi connectivity index (χ3v) is 9.82. The number of rotatable bonds is 40. The van der Waals surface area contributed by atoms with Crippen molar-refractivity contribution in [2.24, 2.45) is 0 Å². The van der Waals surface area contributed by atoms with Gasteiger partial charge in [-0.05, 0) is 51.4 Å². The van der Waals surface area contributed by atoms with E-state index in [1.807, 2.05) is 0 Å². The summed E-state index contributed by atoms with van der Waals surface area (Å²) in [5.41, 5.74) is 0. The smallest absolute Gasteiger partial charge is 0.462 e. The molecule has 0 aromatic carbocycles. The van der Waals surface area contributed by atoms with Gasteiger partial charge in [0.1, 0.15) is 6.61 Å². The number of esters is 2. The molecule has 314 valence electrons. The lowest BCUT2D eigenvalue weighted by Crippen LogP contribution is -2.29. The van der Waals surface area contributed by atoms with Crippen LogP contribution in [0.1, 0.15) is 206 Å². The molecule has 0 spiro atoms. The Kier molecular flexibility index (Phi) is 39.2. The average molecular weight is 781 g/mol. The Morgan fingerprint density at radius 3 is 1.31 bits per heavy atom. The molecule has 0 aliphatic heterocycles. The number of unbranched alkanes of at least 4 members (excludes halogenated alkanes) is 22. The molecule has 0 aromatic rings. The third kappa shape index (κ3) is 42.7. The van der Waals surface area contributed by atoms with Crippen LogP contribution in [0.2, 0.25) is 0 Å². The van der Waals surface area contributed by atoms with Gasteiger partial charge in [-0.3, -0.25) is 14.1 Å². The van der Waals surface area contributed by atoms with Crippen molar-refractivity contribution in [3.05, 3.63) is 48.6 Å². The van der Waals surface area contributed by atoms with Crippen molar-refractivity contribution in [1.29, 1.82) is 0 Å². The topological polar surface area (TPSA) is 119 Å². The van der Waals surface area contributed by atoms with Crippen molar-refractivity contribution < 1.29 is 37.9 Å². The zero-order valence-electron chi connectivity index (χ0n) is 34.6. The second-order valence-corrected chi connectivity index (χ2v) is 15.9. The molecule has 0 rings (SSSR count). The van der Waals surface area contributed by atoms with Crippen LogP contribution in [0, 0.1) is 0 Å². The van der Waals surface area contributed by atoms with Gasteiger partial charge in [0, 0.05) is 12.8 Å². The molecule has 9 heteroatoms. The van der Waals surface area contributed by atoms with E-state index in [4.69, 9.17) is 19.3 Å². The van der Waals surface area contributed by atoms with Crippen molar-refractivity contribution in [2.75, 3.05) is 13.2 Å². The van der Waals surface area contributed by atoms with E-state index >= 15 is 0 Å². The van der Waals surface area contributed by atoms with Crippen molar-refractivity contribution in [3.8, 4) is 0 Å². The fraction of sp³-hybridized carbons (Fsp3) is 0.778. The quantitative estimate of drug-likeness (QED) is 0.0273. The van der Waals surface area contributed by atoms with Crippen LogP contribution >= 0.6 is 7.82 Å². The first-order chi connectivity index (χ1) is 26.3. The van der Waals surface area contributed by atoms with Crippen LogP contribution in [0.3, 0.4) is 0 Å². The zero-order valence-corrected chi connectivity index (χ0v) is 35.5. The third-order valence-electron chi connectivity index (χ3n) is 9.33. The summed E-state index contributed by atoms with van der Waals surface area (Å²) in [7, 11) is -4.76. The van der Waals surface area contributed by atoms with Crippen molar-refractivity contribution >= 4 is 19.8 Å². The normalized spacial score (nSPS) is 12.9. The summed E-state index contributed by atoms with van der Waals surface area (Å²) < 4.78 is 26.4. The number of hydrogen-bond acceptors (Lipinski definition) is 6. The highest BCUT2D eigenvalue weighted by atomic mass is 31.2. The first-order valence-electron chi connectivity index (χ1n) is 21.9. The van der Waals surface area contributed by atoms with E-state index in [2.05, 4.69) is 67.0 Å². The molecular weight excluding hydrogens is 699 g/mol. The Morgan fingerprint density at radius 1 is 0.481 bits per heavy atom. The molecular formula is C45H81O8P. The molecule has 0 aromatic heterocycles. The summed E-state index contributed by atoms with van der Waals surface area (Å²) in [6, 6.07) is 0. The van der Waals surface area contributed by atoms with E-state index in [0.29, 0.717) is 12.8 Å². The molecule has 0 heterocycles. The molecule has 8 nitrogen and oxygen atoms in total. The maximum Gasteiger partial charge on any atom is 0.469 e. The van der Waals surface area contributed by atoms with E-state index in [1.165, 1.54) is 103 Å². The molecule has 0 saturated carbocycles. The highest BCUT2D eigenvalue weighted by Crippen LogP contribution is 2.36. The van der Waals surface area contributed by atoms with Gasteiger partial charge < -0.3 is 19.3 Å². The molecule has 2 N–H and O–H groups in total. The summed E-state index contributed by atoms with van der Waals surface area (Å²) in [6.45, 7) is 3.61. The van der Waals surface area contributed by atoms with Gasteiger partial charge in [0.25, 0.3) is 0 Å². The highest BCUT2D eigenvalue weighted by Gasteiger charge is 2.22. The fourth-order valence-corrected chi connectivity index (χ4v) is 6.43. The Balaban J connectivity index is 3.93. The molecule has 0 aliphatic rings. The number of phosphoric acid groups is 1. The highest BCUT2D eigenvalue weighted by molar-refractivity contribution is 7.46. The van der Waals surface area contributed by atoms with Gasteiger partial charge >= 0.3 is 19.8 Å². The zero-order chi connectivity index (χ0) is 39.6. The van der Waals surface area contributed by atoms with Gasteiger partial charge in [-0.1, -0.05) is 191 Å². The van der Waals surface area contributed by atoms with Crippen LogP contribution in [0.5, 0.6) is 0 Å². The van der Waals surface area contributed by atoms with Crippen molar-refractivity contribution in [3.63, 3.8) is 0 Å². The lowest BCUT2D eigenvalue weighted by Gasteiger charge is -2.18. The molecule has 0 unspecified atom stereocenters. The second-order valence-electron chi connectivity index (χ2n) is 14.7. The maximum atomic E-state index is 12.4. The van der Waals surface area contributed by atoms with Crippen molar-refractivity contribution in [2.45, 2.75) is 213 Å². The first-order valence-corrected chi connectivity index (χ1v) is 23.5. The van der Waals surface area contributed by atoms with Crippen molar-refractivity contribution in [1.82, 2.24) is 0 Å². The number of carbonyl (C=O) groups excluding carboxylic acids is 2. The van der Waals surface area contributed by atoms with Gasteiger partial charge in [0.15, 0.2) is 6.10 Å². The summed E-state index contributed by atoms with van der Waals surface area (Å²) in [5.74, 6) is -0.915. The molecule has 0 saturated heterocycles. The number of hydrogen-bond donors (Lipinski definition) is 2. The average Bonchev–Trinajstić information content (AvgIpc) is 3.14. The first kappa shape index (κ1) is 52.0. The van der Waals surface area contributed by atoms with E-state index in [9.17, 15) is 14.2 Å². The largest absolute Gasteiger partial charge is 0.469 e. The minimum Gasteiger partial charge on any atom is -0.462 e. The molecule has 0 amide bonds. The number of carbonyl (C=O) groups is 2. The maximum absolute atomic E-state index is 12.4. The minimum atomic E-state index is -4.76. The van der Waals surface area contributed by atoms with Crippen LogP contribution in [0.25, 0.3) is 0 Å². The Hall–Kier alpha value is -1.99. The molecule has 0 aliphatic carbocycles. The van der Waals surface area contributed by atoms with Crippen LogP contribution in [0.15, 0.2) is 48.6 Å². The summed E-state index contributed by atoms with van der Waals surface area (Å²) in [6.07, 6.45) is 49.7. The monoisotopic (exact) mass is 781 g/mol. The number of allylic oxidation sites excluding steroid dienone is 8. The lowest BCUT2D eigenvalue weighted by atomic mass is 10.0. The number of phosphoric ester groups is 1. The second kappa shape index (κ2) is 40.7. The van der Waals surface area contributed by atoms with Crippen LogP contribution in [-0.4, -0.2) is 41.0 Å². The Morgan fingerprint density at radius 2 is 0.870 bits per heavy atom. The minimum absolute atomic E-state index is 0.207. The van der Waals surface area contributed by atoms with Gasteiger partial charge in [-0.2, -0.15) is 0 Å². The molecule has 1 atom stereocenters. The van der Waals surface area contributed by atoms with Crippen LogP contribution in [0.4, 0.5) is 0 Å². The summed E-state index contributed by atoms with van der Waals surface area (Å²) >= 11 is 0. The van der Waals surface area contributed by atoms with Gasteiger partial charge in [-0.25, -0.2) is 4.57 Å². The van der Waals surface area contributed by atoms with E-state index < -0.39 is 32.5 Å². The van der Waals surface area contributed by atoms with Gasteiger partial charge in [-0.15, -0.1) is 0 Å². The standard InChI is InChI=1S/C45H81O8P/c1-3-5-7-9-11-13-15-17-19-21-22-24-26-28-30-32-34-36-38-40-45(47)53-43(42-52-54(48,49)50)41-51-44(46)39-37-35-33-31-29-27-25-23-20-18-16-14-12-10-8-6-4-2/h8,10,14,16,20,23,27,29,43H,3-7,9,11-13,15,17-19,21-22,24-26,28,30-42H2,1-2H3,(H2,48,49,50)/b10-8+,16-14+,23-20+,29-27+/t43-/m1/s1. The predicted octanol–water partition coefficient (Wildman–Crippen LogP) is 13.5. The molecule has 0 radical (unpaired) electrons. The van der Waals surface area contributed by atoms with Crippen LogP contribution in [-0.2, 0) is 28.2 Å². The predicted molar refractivity (Wildman–Crippen MR) is 225 cm³/mol. The SMILES string of the molecule is CCC/C=C/C/C=C/C/C=C/C/C=C/CCCCCC(=O)OC[C@H](COP(=O)(O)O)OC(=O)CCCCCCCCCCCCCCCCCCCCC. The lowest BCUT2D eigenvalue weighted by molar-refractivity contribution is -0.161. The van der Waals surface area contributed by atoms with E-state index in [0.717, 1.165) is 64.2 Å². The molecule has 0 bridgehead atoms. The van der Waals surface area contributed by atoms with Crippen LogP contribution < -0.4 is 0 Å². The summed E-state index contributed by atoms with van der Waals surface area (Å²) in [5, 5.41) is 0. The molecule has 54 heavy (non-hydrogen) atoms. The van der Waals surface area contributed by atoms with E-state index in [-0.39, 0.29) is 19.4 Å². The van der Waals surface area contributed by atoms with Gasteiger partial charge in [0.2, 0.25) is 0 Å². The fourth-order valence-electron chi connectivity index (χ4n) is 6.07.